The minimum Gasteiger partial charge on any atom is -0.497 e. The highest BCUT2D eigenvalue weighted by Crippen LogP contribution is 2.25. The third kappa shape index (κ3) is 4.36. The van der Waals surface area contributed by atoms with Crippen LogP contribution in [0.1, 0.15) is 26.3 Å². The molecular weight excluding hydrogens is 326 g/mol. The summed E-state index contributed by atoms with van der Waals surface area (Å²) in [5.74, 6) is 0.808. The molecule has 1 aliphatic rings. The summed E-state index contributed by atoms with van der Waals surface area (Å²) in [4.78, 5) is 14.0. The van der Waals surface area contributed by atoms with Crippen LogP contribution in [0.25, 0.3) is 0 Å². The van der Waals surface area contributed by atoms with Crippen LogP contribution in [0.4, 0.5) is 4.79 Å². The highest BCUT2D eigenvalue weighted by atomic mass is 32.1. The van der Waals surface area contributed by atoms with E-state index in [1.807, 2.05) is 45.0 Å². The maximum absolute atomic E-state index is 12.1. The van der Waals surface area contributed by atoms with Gasteiger partial charge in [-0.2, -0.15) is 0 Å². The first-order valence-corrected chi connectivity index (χ1v) is 8.22. The van der Waals surface area contributed by atoms with Gasteiger partial charge in [-0.25, -0.2) is 4.79 Å². The van der Waals surface area contributed by atoms with E-state index in [9.17, 15) is 4.79 Å². The third-order valence-electron chi connectivity index (χ3n) is 3.83. The van der Waals surface area contributed by atoms with Gasteiger partial charge in [0.2, 0.25) is 0 Å². The van der Waals surface area contributed by atoms with Crippen LogP contribution in [-0.4, -0.2) is 47.3 Å². The van der Waals surface area contributed by atoms with E-state index in [0.29, 0.717) is 24.6 Å². The lowest BCUT2D eigenvalue weighted by Gasteiger charge is -2.49. The Labute approximate surface area is 148 Å². The number of thiocarbonyl (C=S) groups is 1. The Kier molecular flexibility index (Phi) is 5.35. The molecule has 0 radical (unpaired) electrons. The van der Waals surface area contributed by atoms with E-state index in [0.717, 1.165) is 11.3 Å². The fourth-order valence-corrected chi connectivity index (χ4v) is 2.63. The van der Waals surface area contributed by atoms with E-state index in [2.05, 4.69) is 5.32 Å². The molecule has 0 unspecified atom stereocenters. The second-order valence-electron chi connectivity index (χ2n) is 6.98. The summed E-state index contributed by atoms with van der Waals surface area (Å²) < 4.78 is 10.5. The van der Waals surface area contributed by atoms with Crippen molar-refractivity contribution in [3.8, 4) is 5.75 Å². The maximum Gasteiger partial charge on any atom is 0.410 e. The van der Waals surface area contributed by atoms with Crippen LogP contribution in [0.5, 0.6) is 5.75 Å². The van der Waals surface area contributed by atoms with Crippen molar-refractivity contribution in [2.75, 3.05) is 20.2 Å². The number of carbonyl (C=O) groups excluding carboxylic acids is 1. The molecule has 1 saturated heterocycles. The zero-order chi connectivity index (χ0) is 18.0. The summed E-state index contributed by atoms with van der Waals surface area (Å²) in [5.41, 5.74) is 5.92. The third-order valence-corrected chi connectivity index (χ3v) is 4.23. The summed E-state index contributed by atoms with van der Waals surface area (Å²) >= 11 is 5.20. The van der Waals surface area contributed by atoms with Gasteiger partial charge < -0.3 is 20.1 Å². The molecular formula is C17H25N3O3S. The number of hydrogen-bond donors (Lipinski definition) is 2. The minimum atomic E-state index is -0.549. The predicted octanol–water partition coefficient (Wildman–Crippen LogP) is 2.06. The molecule has 1 aromatic rings. The average molecular weight is 351 g/mol. The van der Waals surface area contributed by atoms with Crippen molar-refractivity contribution < 1.29 is 14.3 Å². The molecule has 0 bridgehead atoms. The van der Waals surface area contributed by atoms with Crippen molar-refractivity contribution in [1.29, 1.82) is 0 Å². The lowest BCUT2D eigenvalue weighted by Crippen LogP contribution is -2.75. The fourth-order valence-electron chi connectivity index (χ4n) is 2.43. The fraction of sp³-hybridized carbons (Fsp3) is 0.529. The first kappa shape index (κ1) is 18.5. The van der Waals surface area contributed by atoms with Crippen LogP contribution in [0, 0.1) is 0 Å². The largest absolute Gasteiger partial charge is 0.497 e. The van der Waals surface area contributed by atoms with Crippen LogP contribution < -0.4 is 15.8 Å². The van der Waals surface area contributed by atoms with Gasteiger partial charge in [0.25, 0.3) is 0 Å². The van der Waals surface area contributed by atoms with E-state index in [1.165, 1.54) is 0 Å². The van der Waals surface area contributed by atoms with Crippen molar-refractivity contribution in [2.24, 2.45) is 5.73 Å². The number of nitrogens with one attached hydrogen (secondary N) is 1. The number of methoxy groups -OCH3 is 1. The van der Waals surface area contributed by atoms with Gasteiger partial charge in [0, 0.05) is 6.54 Å². The molecule has 0 saturated carbocycles. The quantitative estimate of drug-likeness (QED) is 0.791. The van der Waals surface area contributed by atoms with Gasteiger partial charge in [-0.05, 0) is 38.5 Å². The van der Waals surface area contributed by atoms with Crippen LogP contribution in [0.15, 0.2) is 24.3 Å². The molecule has 7 heteroatoms. The zero-order valence-electron chi connectivity index (χ0n) is 14.6. The number of nitrogens with zero attached hydrogens (tertiary/aromatic N) is 1. The molecule has 3 N–H and O–H groups in total. The lowest BCUT2D eigenvalue weighted by molar-refractivity contribution is -0.00287. The Bertz CT molecular complexity index is 605. The predicted molar refractivity (Wildman–Crippen MR) is 97.2 cm³/mol. The van der Waals surface area contributed by atoms with Gasteiger partial charge in [0.1, 0.15) is 16.9 Å². The number of nitrogens with two attached hydrogens (primary N) is 1. The number of benzene rings is 1. The van der Waals surface area contributed by atoms with Gasteiger partial charge in [-0.3, -0.25) is 5.32 Å². The molecule has 24 heavy (non-hydrogen) atoms. The van der Waals surface area contributed by atoms with Crippen molar-refractivity contribution >= 4 is 23.3 Å². The molecule has 1 heterocycles. The number of amides is 1. The van der Waals surface area contributed by atoms with Crippen molar-refractivity contribution in [3.63, 3.8) is 0 Å². The molecule has 1 fully saturated rings. The first-order valence-electron chi connectivity index (χ1n) is 7.81. The summed E-state index contributed by atoms with van der Waals surface area (Å²) in [6, 6.07) is 7.75. The number of likely N-dealkylation sites (tertiary alicyclic amines) is 1. The Morgan fingerprint density at radius 3 is 2.38 bits per heavy atom. The Hall–Kier alpha value is -1.86. The molecule has 132 valence electrons. The number of carbonyl (C=O) groups is 1. The molecule has 1 amide bonds. The summed E-state index contributed by atoms with van der Waals surface area (Å²) in [6.45, 7) is 6.94. The van der Waals surface area contributed by atoms with E-state index in [4.69, 9.17) is 27.4 Å². The summed E-state index contributed by atoms with van der Waals surface area (Å²) in [6.07, 6.45) is -0.347. The Morgan fingerprint density at radius 1 is 1.33 bits per heavy atom. The topological polar surface area (TPSA) is 76.8 Å². The van der Waals surface area contributed by atoms with Gasteiger partial charge in [-0.15, -0.1) is 0 Å². The van der Waals surface area contributed by atoms with Gasteiger partial charge in [-0.1, -0.05) is 24.4 Å². The summed E-state index contributed by atoms with van der Waals surface area (Å²) in [7, 11) is 1.63. The average Bonchev–Trinajstić information content (AvgIpc) is 2.44. The molecule has 0 spiro atoms. The Balaban J connectivity index is 1.93. The number of ether oxygens (including phenoxy) is 2. The standard InChI is InChI=1S/C17H25N3O3S/c1-16(2,3)23-15(21)20-10-17(11-20,14(18)24)19-9-12-5-7-13(22-4)8-6-12/h5-8,19H,9-11H2,1-4H3,(H2,18,24). The zero-order valence-corrected chi connectivity index (χ0v) is 15.4. The maximum atomic E-state index is 12.1. The van der Waals surface area contributed by atoms with Crippen molar-refractivity contribution in [2.45, 2.75) is 38.5 Å². The minimum absolute atomic E-state index is 0.347. The monoisotopic (exact) mass is 351 g/mol. The van der Waals surface area contributed by atoms with Crippen molar-refractivity contribution in [1.82, 2.24) is 10.2 Å². The van der Waals surface area contributed by atoms with E-state index in [1.54, 1.807) is 12.0 Å². The van der Waals surface area contributed by atoms with Crippen LogP contribution in [-0.2, 0) is 11.3 Å². The van der Waals surface area contributed by atoms with Crippen LogP contribution >= 0.6 is 12.2 Å². The molecule has 6 nitrogen and oxygen atoms in total. The molecule has 2 rings (SSSR count). The second kappa shape index (κ2) is 6.94. The molecule has 0 atom stereocenters. The smallest absolute Gasteiger partial charge is 0.410 e. The molecule has 1 aromatic carbocycles. The lowest BCUT2D eigenvalue weighted by atomic mass is 9.89. The van der Waals surface area contributed by atoms with Crippen LogP contribution in [0.3, 0.4) is 0 Å². The van der Waals surface area contributed by atoms with E-state index >= 15 is 0 Å². The normalized spacial score (nSPS) is 16.2. The first-order chi connectivity index (χ1) is 11.1. The van der Waals surface area contributed by atoms with E-state index < -0.39 is 11.1 Å². The van der Waals surface area contributed by atoms with Gasteiger partial charge in [0.15, 0.2) is 0 Å². The second-order valence-corrected chi connectivity index (χ2v) is 7.42. The number of rotatable bonds is 5. The molecule has 0 aliphatic carbocycles. The SMILES string of the molecule is COc1ccc(CNC2(C(N)=S)CN(C(=O)OC(C)(C)C)C2)cc1. The molecule has 1 aliphatic heterocycles. The highest BCUT2D eigenvalue weighted by molar-refractivity contribution is 7.80. The molecule has 0 aromatic heterocycles. The van der Waals surface area contributed by atoms with Crippen molar-refractivity contribution in [3.05, 3.63) is 29.8 Å². The van der Waals surface area contributed by atoms with Gasteiger partial charge in [0.05, 0.1) is 25.2 Å². The Morgan fingerprint density at radius 2 is 1.92 bits per heavy atom. The van der Waals surface area contributed by atoms with Gasteiger partial charge >= 0.3 is 6.09 Å². The number of hydrogen-bond acceptors (Lipinski definition) is 5. The summed E-state index contributed by atoms with van der Waals surface area (Å²) in [5, 5.41) is 3.38. The van der Waals surface area contributed by atoms with Crippen LogP contribution in [0.2, 0.25) is 0 Å². The highest BCUT2D eigenvalue weighted by Gasteiger charge is 2.48. The van der Waals surface area contributed by atoms with E-state index in [-0.39, 0.29) is 6.09 Å².